The molecule has 1 N–H and O–H groups in total. The number of aliphatic imine (C=N–C) groups is 1. The van der Waals surface area contributed by atoms with Crippen molar-refractivity contribution in [1.82, 2.24) is 10.3 Å². The van der Waals surface area contributed by atoms with E-state index in [9.17, 15) is 0 Å². The molecule has 1 heterocycles. The molecular weight excluding hydrogens is 392 g/mol. The molecule has 0 aliphatic carbocycles. The number of ether oxygens (including phenoxy) is 1. The summed E-state index contributed by atoms with van der Waals surface area (Å²) in [6, 6.07) is 0. The highest BCUT2D eigenvalue weighted by Crippen LogP contribution is 2.13. The number of halogens is 1. The molecule has 0 radical (unpaired) electrons. The Bertz CT molecular complexity index is 496. The third-order valence-corrected chi connectivity index (χ3v) is 4.59. The van der Waals surface area contributed by atoms with Crippen LogP contribution in [0.25, 0.3) is 0 Å². The minimum atomic E-state index is 0.276. The van der Waals surface area contributed by atoms with Crippen molar-refractivity contribution in [2.45, 2.75) is 64.4 Å². The maximum atomic E-state index is 5.72. The third kappa shape index (κ3) is 10.1. The molecule has 1 aliphatic rings. The van der Waals surface area contributed by atoms with Crippen molar-refractivity contribution in [3.63, 3.8) is 0 Å². The summed E-state index contributed by atoms with van der Waals surface area (Å²) >= 11 is 3.31. The van der Waals surface area contributed by atoms with Crippen LogP contribution in [0.4, 0.5) is 0 Å². The lowest BCUT2D eigenvalue weighted by atomic mass is 10.1. The summed E-state index contributed by atoms with van der Waals surface area (Å²) in [7, 11) is 3.79. The van der Waals surface area contributed by atoms with Gasteiger partial charge in [0.05, 0.1) is 12.3 Å². The maximum Gasteiger partial charge on any atom is 0.124 e. The molecule has 0 aromatic heterocycles. The standard InChI is InChI=1S/C20H35BrN4O/c1-5-6-7-8-9-11-18(22-3)14-20(25(4)24-15-17(2)21)23-16-19-12-10-13-26-19/h14-15,19,23H,2,5-13,16H2,1,3-4H3/b20-14-,22-18-,24-15-/t19-/m0/s1. The fourth-order valence-corrected chi connectivity index (χ4v) is 2.90. The van der Waals surface area contributed by atoms with Gasteiger partial charge < -0.3 is 10.1 Å². The highest BCUT2D eigenvalue weighted by Gasteiger charge is 2.16. The van der Waals surface area contributed by atoms with E-state index in [1.807, 2.05) is 19.1 Å². The van der Waals surface area contributed by atoms with E-state index in [2.05, 4.69) is 50.9 Å². The Labute approximate surface area is 167 Å². The van der Waals surface area contributed by atoms with E-state index in [-0.39, 0.29) is 6.10 Å². The van der Waals surface area contributed by atoms with Crippen LogP contribution in [0.15, 0.2) is 33.1 Å². The van der Waals surface area contributed by atoms with E-state index < -0.39 is 0 Å². The van der Waals surface area contributed by atoms with Gasteiger partial charge >= 0.3 is 0 Å². The zero-order valence-corrected chi connectivity index (χ0v) is 18.2. The first-order chi connectivity index (χ1) is 12.6. The molecular formula is C20H35BrN4O. The number of unbranched alkanes of at least 4 members (excludes halogenated alkanes) is 4. The van der Waals surface area contributed by atoms with Crippen molar-refractivity contribution in [3.05, 3.63) is 23.0 Å². The van der Waals surface area contributed by atoms with Gasteiger partial charge in [0.1, 0.15) is 5.82 Å². The number of hydrogen-bond acceptors (Lipinski definition) is 5. The summed E-state index contributed by atoms with van der Waals surface area (Å²) in [6.07, 6.45) is 13.6. The molecule has 148 valence electrons. The van der Waals surface area contributed by atoms with Crippen LogP contribution in [0.1, 0.15) is 58.3 Å². The second kappa shape index (κ2) is 14.0. The first kappa shape index (κ1) is 22.9. The van der Waals surface area contributed by atoms with Crippen molar-refractivity contribution in [3.8, 4) is 0 Å². The van der Waals surface area contributed by atoms with Crippen molar-refractivity contribution >= 4 is 27.9 Å². The number of rotatable bonds is 13. The van der Waals surface area contributed by atoms with Crippen molar-refractivity contribution in [2.75, 3.05) is 27.2 Å². The topological polar surface area (TPSA) is 49.2 Å². The second-order valence-electron chi connectivity index (χ2n) is 6.64. The Balaban J connectivity index is 2.68. The fraction of sp³-hybridized carbons (Fsp3) is 0.700. The van der Waals surface area contributed by atoms with Crippen LogP contribution >= 0.6 is 15.9 Å². The predicted molar refractivity (Wildman–Crippen MR) is 116 cm³/mol. The van der Waals surface area contributed by atoms with Crippen LogP contribution in [0.3, 0.4) is 0 Å². The molecule has 0 bridgehead atoms. The van der Waals surface area contributed by atoms with Crippen LogP contribution in [0, 0.1) is 0 Å². The minimum Gasteiger partial charge on any atom is -0.376 e. The Morgan fingerprint density at radius 1 is 1.35 bits per heavy atom. The van der Waals surface area contributed by atoms with Crippen molar-refractivity contribution in [1.29, 1.82) is 0 Å². The summed E-state index contributed by atoms with van der Waals surface area (Å²) in [5, 5.41) is 9.72. The van der Waals surface area contributed by atoms with Gasteiger partial charge in [-0.25, -0.2) is 0 Å². The van der Waals surface area contributed by atoms with E-state index in [4.69, 9.17) is 4.74 Å². The monoisotopic (exact) mass is 426 g/mol. The summed E-state index contributed by atoms with van der Waals surface area (Å²) in [5.74, 6) is 0.930. The Kier molecular flexibility index (Phi) is 12.3. The van der Waals surface area contributed by atoms with E-state index >= 15 is 0 Å². The Morgan fingerprint density at radius 2 is 2.12 bits per heavy atom. The summed E-state index contributed by atoms with van der Waals surface area (Å²) in [5.41, 5.74) is 1.09. The summed E-state index contributed by atoms with van der Waals surface area (Å²) in [6.45, 7) is 7.69. The van der Waals surface area contributed by atoms with Gasteiger partial charge in [-0.3, -0.25) is 10.0 Å². The van der Waals surface area contributed by atoms with Crippen LogP contribution < -0.4 is 5.32 Å². The van der Waals surface area contributed by atoms with Gasteiger partial charge in [0.25, 0.3) is 0 Å². The molecule has 1 saturated heterocycles. The van der Waals surface area contributed by atoms with Crippen molar-refractivity contribution in [2.24, 2.45) is 10.1 Å². The van der Waals surface area contributed by atoms with Gasteiger partial charge in [-0.15, -0.1) is 0 Å². The lowest BCUT2D eigenvalue weighted by Crippen LogP contribution is -2.32. The lowest BCUT2D eigenvalue weighted by Gasteiger charge is -2.21. The van der Waals surface area contributed by atoms with Gasteiger partial charge in [0.15, 0.2) is 0 Å². The average molecular weight is 427 g/mol. The first-order valence-corrected chi connectivity index (χ1v) is 10.5. The van der Waals surface area contributed by atoms with E-state index in [0.29, 0.717) is 0 Å². The number of hydrazone groups is 1. The van der Waals surface area contributed by atoms with Crippen molar-refractivity contribution < 1.29 is 4.74 Å². The molecule has 5 nitrogen and oxygen atoms in total. The SMILES string of the molecule is C=C(Br)/C=N\N(C)/C(=C\C(CCCCCCC)=N/C)NC[C@@H]1CCCO1. The third-order valence-electron chi connectivity index (χ3n) is 4.38. The molecule has 1 atom stereocenters. The van der Waals surface area contributed by atoms with E-state index in [0.717, 1.165) is 48.4 Å². The molecule has 0 aromatic carbocycles. The zero-order chi connectivity index (χ0) is 19.2. The van der Waals surface area contributed by atoms with E-state index in [1.165, 1.54) is 32.1 Å². The smallest absolute Gasteiger partial charge is 0.124 e. The van der Waals surface area contributed by atoms with Crippen LogP contribution in [0.2, 0.25) is 0 Å². The Hall–Kier alpha value is -1.14. The fourth-order valence-electron chi connectivity index (χ4n) is 2.81. The highest BCUT2D eigenvalue weighted by molar-refractivity contribution is 9.12. The first-order valence-electron chi connectivity index (χ1n) is 9.71. The molecule has 1 fully saturated rings. The Morgan fingerprint density at radius 3 is 2.73 bits per heavy atom. The number of nitrogens with one attached hydrogen (secondary N) is 1. The molecule has 1 aliphatic heterocycles. The van der Waals surface area contributed by atoms with Crippen LogP contribution in [-0.4, -0.2) is 50.3 Å². The molecule has 0 aromatic rings. The molecule has 0 unspecified atom stereocenters. The van der Waals surface area contributed by atoms with E-state index in [1.54, 1.807) is 6.21 Å². The number of hydrogen-bond donors (Lipinski definition) is 1. The highest BCUT2D eigenvalue weighted by atomic mass is 79.9. The van der Waals surface area contributed by atoms with Gasteiger partial charge in [-0.1, -0.05) is 39.2 Å². The van der Waals surface area contributed by atoms with Gasteiger partial charge in [0.2, 0.25) is 0 Å². The van der Waals surface area contributed by atoms with Crippen LogP contribution in [-0.2, 0) is 4.74 Å². The molecule has 26 heavy (non-hydrogen) atoms. The van der Waals surface area contributed by atoms with Gasteiger partial charge in [0, 0.05) is 43.5 Å². The summed E-state index contributed by atoms with van der Waals surface area (Å²) in [4.78, 5) is 4.47. The average Bonchev–Trinajstić information content (AvgIpc) is 3.14. The lowest BCUT2D eigenvalue weighted by molar-refractivity contribution is 0.110. The molecule has 0 amide bonds. The largest absolute Gasteiger partial charge is 0.376 e. The zero-order valence-electron chi connectivity index (χ0n) is 16.6. The summed E-state index contributed by atoms with van der Waals surface area (Å²) < 4.78 is 6.46. The quantitative estimate of drug-likeness (QED) is 0.260. The number of allylic oxidation sites excluding steroid dienone is 2. The van der Waals surface area contributed by atoms with Gasteiger partial charge in [-0.05, 0) is 41.6 Å². The second-order valence-corrected chi connectivity index (χ2v) is 7.66. The van der Waals surface area contributed by atoms with Gasteiger partial charge in [-0.2, -0.15) is 5.10 Å². The maximum absolute atomic E-state index is 5.72. The molecule has 0 saturated carbocycles. The molecule has 1 rings (SSSR count). The molecule has 6 heteroatoms. The van der Waals surface area contributed by atoms with Crippen LogP contribution in [0.5, 0.6) is 0 Å². The molecule has 0 spiro atoms. The predicted octanol–water partition coefficient (Wildman–Crippen LogP) is 4.85. The minimum absolute atomic E-state index is 0.276. The number of nitrogens with zero attached hydrogens (tertiary/aromatic N) is 3. The normalized spacial score (nSPS) is 18.5.